The van der Waals surface area contributed by atoms with Gasteiger partial charge in [-0.2, -0.15) is 0 Å². The number of hydrogen-bond donors (Lipinski definition) is 0. The Labute approximate surface area is 232 Å². The van der Waals surface area contributed by atoms with E-state index in [2.05, 4.69) is 11.8 Å². The van der Waals surface area contributed by atoms with E-state index in [0.717, 1.165) is 75.4 Å². The molecule has 1 aromatic heterocycles. The molecule has 1 aliphatic heterocycles. The average Bonchev–Trinajstić information content (AvgIpc) is 2.94. The number of para-hydroxylation sites is 1. The Morgan fingerprint density at radius 1 is 0.711 bits per heavy atom. The zero-order valence-electron chi connectivity index (χ0n) is 24.4. The van der Waals surface area contributed by atoms with Gasteiger partial charge in [0.1, 0.15) is 5.82 Å². The highest BCUT2D eigenvalue weighted by molar-refractivity contribution is 5.77. The van der Waals surface area contributed by atoms with E-state index < -0.39 is 0 Å². The summed E-state index contributed by atoms with van der Waals surface area (Å²) in [5.41, 5.74) is 0.972. The van der Waals surface area contributed by atoms with Crippen LogP contribution in [0.1, 0.15) is 122 Å². The van der Waals surface area contributed by atoms with Gasteiger partial charge in [-0.25, -0.2) is 4.98 Å². The number of unbranched alkanes of at least 4 members (excludes halogenated alkanes) is 15. The van der Waals surface area contributed by atoms with E-state index in [4.69, 9.17) is 9.72 Å². The normalized spacial score (nSPS) is 14.4. The molecule has 5 heteroatoms. The lowest BCUT2D eigenvalue weighted by molar-refractivity contribution is 0.0374. The maximum absolute atomic E-state index is 13.3. The molecule has 1 aromatic carbocycles. The van der Waals surface area contributed by atoms with Crippen LogP contribution in [0.15, 0.2) is 29.1 Å². The number of hydrogen-bond acceptors (Lipinski definition) is 4. The van der Waals surface area contributed by atoms with Crippen LogP contribution < -0.4 is 5.56 Å². The summed E-state index contributed by atoms with van der Waals surface area (Å²) in [6.07, 6.45) is 23.7. The molecular weight excluding hydrogens is 470 g/mol. The monoisotopic (exact) mass is 525 g/mol. The Kier molecular flexibility index (Phi) is 15.7. The maximum atomic E-state index is 13.3. The average molecular weight is 526 g/mol. The third-order valence-electron chi connectivity index (χ3n) is 8.15. The van der Waals surface area contributed by atoms with Crippen LogP contribution in [-0.2, 0) is 17.7 Å². The molecule has 1 saturated heterocycles. The van der Waals surface area contributed by atoms with Crippen LogP contribution in [0.4, 0.5) is 0 Å². The molecule has 38 heavy (non-hydrogen) atoms. The second-order valence-electron chi connectivity index (χ2n) is 11.4. The van der Waals surface area contributed by atoms with Crippen molar-refractivity contribution in [3.05, 3.63) is 40.4 Å². The number of aryl methyl sites for hydroxylation is 1. The number of benzene rings is 1. The molecule has 2 aromatic rings. The van der Waals surface area contributed by atoms with E-state index in [1.165, 1.54) is 96.3 Å². The van der Waals surface area contributed by atoms with Crippen molar-refractivity contribution in [2.24, 2.45) is 0 Å². The van der Waals surface area contributed by atoms with Crippen LogP contribution in [0, 0.1) is 0 Å². The molecule has 0 unspecified atom stereocenters. The van der Waals surface area contributed by atoms with Crippen molar-refractivity contribution >= 4 is 10.9 Å². The SMILES string of the molecule is CCCCCCCCCCCCCCCCCCn1c(CCCN2CCOCC2)nc2ccccc2c1=O. The van der Waals surface area contributed by atoms with Gasteiger partial charge in [0, 0.05) is 26.1 Å². The first-order valence-electron chi connectivity index (χ1n) is 16.1. The van der Waals surface area contributed by atoms with Crippen molar-refractivity contribution in [2.75, 3.05) is 32.8 Å². The summed E-state index contributed by atoms with van der Waals surface area (Å²) in [6, 6.07) is 7.82. The van der Waals surface area contributed by atoms with Gasteiger partial charge in [-0.05, 0) is 31.5 Å². The second-order valence-corrected chi connectivity index (χ2v) is 11.4. The molecule has 0 aliphatic carbocycles. The Hall–Kier alpha value is -1.72. The van der Waals surface area contributed by atoms with E-state index >= 15 is 0 Å². The van der Waals surface area contributed by atoms with Gasteiger partial charge >= 0.3 is 0 Å². The number of ether oxygens (including phenoxy) is 1. The molecule has 1 aliphatic rings. The maximum Gasteiger partial charge on any atom is 0.261 e. The van der Waals surface area contributed by atoms with Crippen molar-refractivity contribution < 1.29 is 4.74 Å². The van der Waals surface area contributed by atoms with Crippen LogP contribution in [0.5, 0.6) is 0 Å². The van der Waals surface area contributed by atoms with Gasteiger partial charge in [0.15, 0.2) is 0 Å². The fourth-order valence-electron chi connectivity index (χ4n) is 5.74. The van der Waals surface area contributed by atoms with Crippen LogP contribution in [0.2, 0.25) is 0 Å². The Morgan fingerprint density at radius 2 is 1.26 bits per heavy atom. The molecule has 0 radical (unpaired) electrons. The quantitative estimate of drug-likeness (QED) is 0.155. The lowest BCUT2D eigenvalue weighted by Crippen LogP contribution is -2.37. The zero-order chi connectivity index (χ0) is 26.7. The predicted octanol–water partition coefficient (Wildman–Crippen LogP) is 7.92. The molecule has 0 spiro atoms. The lowest BCUT2D eigenvalue weighted by atomic mass is 10.0. The molecule has 5 nitrogen and oxygen atoms in total. The Morgan fingerprint density at radius 3 is 1.87 bits per heavy atom. The van der Waals surface area contributed by atoms with Gasteiger partial charge in [0.05, 0.1) is 24.1 Å². The van der Waals surface area contributed by atoms with Gasteiger partial charge < -0.3 is 4.74 Å². The zero-order valence-corrected chi connectivity index (χ0v) is 24.4. The number of morpholine rings is 1. The lowest BCUT2D eigenvalue weighted by Gasteiger charge is -2.26. The van der Waals surface area contributed by atoms with Crippen molar-refractivity contribution in [1.29, 1.82) is 0 Å². The smallest absolute Gasteiger partial charge is 0.261 e. The number of nitrogens with zero attached hydrogens (tertiary/aromatic N) is 3. The second kappa shape index (κ2) is 19.4. The van der Waals surface area contributed by atoms with Gasteiger partial charge in [0.2, 0.25) is 0 Å². The summed E-state index contributed by atoms with van der Waals surface area (Å²) in [5.74, 6) is 0.961. The predicted molar refractivity (Wildman–Crippen MR) is 161 cm³/mol. The molecule has 2 heterocycles. The summed E-state index contributed by atoms with van der Waals surface area (Å²) in [5, 5.41) is 0.751. The van der Waals surface area contributed by atoms with Crippen molar-refractivity contribution in [2.45, 2.75) is 129 Å². The number of rotatable bonds is 21. The minimum atomic E-state index is 0.137. The summed E-state index contributed by atoms with van der Waals surface area (Å²) in [6.45, 7) is 7.81. The highest BCUT2D eigenvalue weighted by Gasteiger charge is 2.13. The molecular formula is C33H55N3O2. The number of aromatic nitrogens is 2. The summed E-state index contributed by atoms with van der Waals surface area (Å²) in [7, 11) is 0. The topological polar surface area (TPSA) is 47.4 Å². The Bertz CT molecular complexity index is 935. The van der Waals surface area contributed by atoms with E-state index in [-0.39, 0.29) is 5.56 Å². The van der Waals surface area contributed by atoms with Gasteiger partial charge in [-0.1, -0.05) is 115 Å². The standard InChI is InChI=1S/C33H55N3O2/c1-2-3-4-5-6-7-8-9-10-11-12-13-14-15-16-19-25-36-32(23-20-24-35-26-28-38-29-27-35)34-31-22-18-17-21-30(31)33(36)37/h17-18,21-22H,2-16,19-20,23-29H2,1H3. The molecule has 0 atom stereocenters. The van der Waals surface area contributed by atoms with Crippen LogP contribution in [0.25, 0.3) is 10.9 Å². The Balaban J connectivity index is 1.30. The summed E-state index contributed by atoms with van der Waals surface area (Å²) in [4.78, 5) is 20.7. The van der Waals surface area contributed by atoms with Gasteiger partial charge in [-0.15, -0.1) is 0 Å². The molecule has 0 saturated carbocycles. The first-order valence-corrected chi connectivity index (χ1v) is 16.1. The van der Waals surface area contributed by atoms with Gasteiger partial charge in [-0.3, -0.25) is 14.3 Å². The van der Waals surface area contributed by atoms with E-state index in [9.17, 15) is 4.79 Å². The van der Waals surface area contributed by atoms with Crippen molar-refractivity contribution in [3.8, 4) is 0 Å². The van der Waals surface area contributed by atoms with Crippen LogP contribution in [-0.4, -0.2) is 47.3 Å². The first-order chi connectivity index (χ1) is 18.8. The van der Waals surface area contributed by atoms with Crippen molar-refractivity contribution in [1.82, 2.24) is 14.5 Å². The van der Waals surface area contributed by atoms with E-state index in [1.807, 2.05) is 28.8 Å². The third kappa shape index (κ3) is 11.6. The molecule has 0 N–H and O–H groups in total. The first kappa shape index (κ1) is 30.8. The largest absolute Gasteiger partial charge is 0.379 e. The number of fused-ring (bicyclic) bond motifs is 1. The summed E-state index contributed by atoms with van der Waals surface area (Å²) >= 11 is 0. The third-order valence-corrected chi connectivity index (χ3v) is 8.15. The van der Waals surface area contributed by atoms with Crippen molar-refractivity contribution in [3.63, 3.8) is 0 Å². The van der Waals surface area contributed by atoms with Crippen LogP contribution in [0.3, 0.4) is 0 Å². The molecule has 0 bridgehead atoms. The minimum Gasteiger partial charge on any atom is -0.379 e. The van der Waals surface area contributed by atoms with Gasteiger partial charge in [0.25, 0.3) is 5.56 Å². The fraction of sp³-hybridized carbons (Fsp3) is 0.758. The molecule has 0 amide bonds. The van der Waals surface area contributed by atoms with Crippen LogP contribution >= 0.6 is 0 Å². The minimum absolute atomic E-state index is 0.137. The highest BCUT2D eigenvalue weighted by Crippen LogP contribution is 2.15. The highest BCUT2D eigenvalue weighted by atomic mass is 16.5. The molecule has 214 valence electrons. The molecule has 3 rings (SSSR count). The molecule has 1 fully saturated rings. The fourth-order valence-corrected chi connectivity index (χ4v) is 5.74. The van der Waals surface area contributed by atoms with E-state index in [1.54, 1.807) is 0 Å². The van der Waals surface area contributed by atoms with E-state index in [0.29, 0.717) is 0 Å². The summed E-state index contributed by atoms with van der Waals surface area (Å²) < 4.78 is 7.45.